The third kappa shape index (κ3) is 3.28. The van der Waals surface area contributed by atoms with Crippen LogP contribution in [-0.4, -0.2) is 7.11 Å². The normalized spacial score (nSPS) is 10.9. The number of benzene rings is 2. The first-order valence-electron chi connectivity index (χ1n) is 5.98. The van der Waals surface area contributed by atoms with Crippen molar-refractivity contribution in [2.24, 2.45) is 0 Å². The first-order chi connectivity index (χ1) is 10.3. The van der Waals surface area contributed by atoms with Gasteiger partial charge in [0.25, 0.3) is 0 Å². The number of alkyl halides is 3. The number of hydrogen-bond donors (Lipinski definition) is 0. The van der Waals surface area contributed by atoms with Crippen LogP contribution in [-0.2, 0) is 6.18 Å². The maximum atomic E-state index is 13.5. The lowest BCUT2D eigenvalue weighted by atomic mass is 10.1. The molecule has 0 saturated heterocycles. The van der Waals surface area contributed by atoms with Crippen molar-refractivity contribution in [3.8, 4) is 23.3 Å². The second kappa shape index (κ2) is 5.93. The molecule has 2 aromatic rings. The molecule has 0 atom stereocenters. The highest BCUT2D eigenvalue weighted by Gasteiger charge is 2.35. The fourth-order valence-corrected chi connectivity index (χ4v) is 1.72. The van der Waals surface area contributed by atoms with Crippen LogP contribution >= 0.6 is 0 Å². The summed E-state index contributed by atoms with van der Waals surface area (Å²) in [7, 11) is 1.24. The summed E-state index contributed by atoms with van der Waals surface area (Å²) in [6.45, 7) is 0. The average molecular weight is 311 g/mol. The van der Waals surface area contributed by atoms with Gasteiger partial charge in [0, 0.05) is 6.07 Å². The molecule has 3 nitrogen and oxygen atoms in total. The van der Waals surface area contributed by atoms with E-state index in [-0.39, 0.29) is 17.1 Å². The topological polar surface area (TPSA) is 42.2 Å². The molecule has 114 valence electrons. The molecule has 0 amide bonds. The molecule has 0 unspecified atom stereocenters. The monoisotopic (exact) mass is 311 g/mol. The third-order valence-electron chi connectivity index (χ3n) is 2.78. The summed E-state index contributed by atoms with van der Waals surface area (Å²) in [6, 6.07) is 7.97. The van der Waals surface area contributed by atoms with Crippen molar-refractivity contribution >= 4 is 0 Å². The number of methoxy groups -OCH3 is 1. The lowest BCUT2D eigenvalue weighted by Gasteiger charge is -2.15. The molecule has 0 N–H and O–H groups in total. The van der Waals surface area contributed by atoms with Gasteiger partial charge in [0.2, 0.25) is 0 Å². The molecular formula is C15H9F4NO2. The smallest absolute Gasteiger partial charge is 0.420 e. The zero-order chi connectivity index (χ0) is 16.3. The molecule has 0 aliphatic rings. The van der Waals surface area contributed by atoms with Crippen LogP contribution in [0.25, 0.3) is 0 Å². The fraction of sp³-hybridized carbons (Fsp3) is 0.133. The number of nitrogens with zero attached hydrogens (tertiary/aromatic N) is 1. The Morgan fingerprint density at radius 2 is 1.73 bits per heavy atom. The molecule has 0 saturated carbocycles. The summed E-state index contributed by atoms with van der Waals surface area (Å²) in [4.78, 5) is 0. The second-order valence-electron chi connectivity index (χ2n) is 4.22. The zero-order valence-electron chi connectivity index (χ0n) is 11.2. The van der Waals surface area contributed by atoms with E-state index in [1.165, 1.54) is 19.2 Å². The van der Waals surface area contributed by atoms with Crippen LogP contribution < -0.4 is 9.47 Å². The van der Waals surface area contributed by atoms with Gasteiger partial charge < -0.3 is 9.47 Å². The highest BCUT2D eigenvalue weighted by molar-refractivity contribution is 5.45. The molecular weight excluding hydrogens is 302 g/mol. The van der Waals surface area contributed by atoms with Crippen molar-refractivity contribution in [3.05, 3.63) is 53.3 Å². The average Bonchev–Trinajstić information content (AvgIpc) is 2.47. The minimum Gasteiger partial charge on any atom is -0.497 e. The molecule has 7 heteroatoms. The van der Waals surface area contributed by atoms with Crippen molar-refractivity contribution in [1.82, 2.24) is 0 Å². The van der Waals surface area contributed by atoms with E-state index in [4.69, 9.17) is 14.7 Å². The zero-order valence-corrected chi connectivity index (χ0v) is 11.2. The van der Waals surface area contributed by atoms with Gasteiger partial charge in [0.1, 0.15) is 34.7 Å². The fourth-order valence-electron chi connectivity index (χ4n) is 1.72. The van der Waals surface area contributed by atoms with Crippen LogP contribution in [0, 0.1) is 17.1 Å². The minimum absolute atomic E-state index is 0.0192. The van der Waals surface area contributed by atoms with E-state index in [0.717, 1.165) is 24.3 Å². The Hall–Kier alpha value is -2.75. The van der Waals surface area contributed by atoms with Crippen molar-refractivity contribution < 1.29 is 27.0 Å². The molecule has 2 rings (SSSR count). The Morgan fingerprint density at radius 3 is 2.27 bits per heavy atom. The quantitative estimate of drug-likeness (QED) is 0.783. The number of rotatable bonds is 3. The molecule has 0 bridgehead atoms. The maximum absolute atomic E-state index is 13.5. The van der Waals surface area contributed by atoms with Crippen molar-refractivity contribution in [1.29, 1.82) is 5.26 Å². The highest BCUT2D eigenvalue weighted by atomic mass is 19.4. The minimum atomic E-state index is -4.66. The van der Waals surface area contributed by atoms with Gasteiger partial charge >= 0.3 is 6.18 Å². The Kier molecular flexibility index (Phi) is 4.22. The summed E-state index contributed by atoms with van der Waals surface area (Å²) in [5.74, 6) is -1.49. The van der Waals surface area contributed by atoms with E-state index in [2.05, 4.69) is 0 Å². The summed E-state index contributed by atoms with van der Waals surface area (Å²) in [6.07, 6.45) is -4.66. The van der Waals surface area contributed by atoms with E-state index in [1.54, 1.807) is 6.07 Å². The summed E-state index contributed by atoms with van der Waals surface area (Å²) >= 11 is 0. The van der Waals surface area contributed by atoms with Crippen LogP contribution in [0.15, 0.2) is 36.4 Å². The van der Waals surface area contributed by atoms with Gasteiger partial charge in [-0.25, -0.2) is 4.39 Å². The highest BCUT2D eigenvalue weighted by Crippen LogP contribution is 2.40. The van der Waals surface area contributed by atoms with Gasteiger partial charge in [-0.2, -0.15) is 18.4 Å². The van der Waals surface area contributed by atoms with Gasteiger partial charge in [-0.15, -0.1) is 0 Å². The molecule has 0 aromatic heterocycles. The van der Waals surface area contributed by atoms with Crippen molar-refractivity contribution in [2.45, 2.75) is 6.18 Å². The molecule has 22 heavy (non-hydrogen) atoms. The van der Waals surface area contributed by atoms with Crippen LogP contribution in [0.3, 0.4) is 0 Å². The summed E-state index contributed by atoms with van der Waals surface area (Å²) in [5, 5.41) is 8.61. The van der Waals surface area contributed by atoms with Crippen LogP contribution in [0.4, 0.5) is 17.6 Å². The molecule has 2 aromatic carbocycles. The van der Waals surface area contributed by atoms with Crippen LogP contribution in [0.1, 0.15) is 11.1 Å². The predicted octanol–water partition coefficient (Wildman–Crippen LogP) is 4.52. The van der Waals surface area contributed by atoms with Crippen LogP contribution in [0.5, 0.6) is 17.2 Å². The molecule has 0 heterocycles. The summed E-state index contributed by atoms with van der Waals surface area (Å²) in [5.41, 5.74) is -1.27. The number of hydrogen-bond acceptors (Lipinski definition) is 3. The first kappa shape index (κ1) is 15.6. The van der Waals surface area contributed by atoms with Gasteiger partial charge in [0.15, 0.2) is 0 Å². The Labute approximate surface area is 123 Å². The molecule has 0 aliphatic carbocycles. The molecule has 0 radical (unpaired) electrons. The van der Waals surface area contributed by atoms with Gasteiger partial charge in [-0.3, -0.25) is 0 Å². The molecule has 0 spiro atoms. The standard InChI is InChI=1S/C15H9F4NO2/c1-21-10-4-5-14(12(6-10)15(17,18)19)22-11-3-2-9(8-20)13(16)7-11/h2-7H,1H3. The van der Waals surface area contributed by atoms with E-state index in [0.29, 0.717) is 0 Å². The van der Waals surface area contributed by atoms with Crippen molar-refractivity contribution in [3.63, 3.8) is 0 Å². The summed E-state index contributed by atoms with van der Waals surface area (Å²) < 4.78 is 62.3. The second-order valence-corrected chi connectivity index (χ2v) is 4.22. The van der Waals surface area contributed by atoms with Crippen molar-refractivity contribution in [2.75, 3.05) is 7.11 Å². The van der Waals surface area contributed by atoms with Crippen LogP contribution in [0.2, 0.25) is 0 Å². The first-order valence-corrected chi connectivity index (χ1v) is 5.98. The number of halogens is 4. The number of ether oxygens (including phenoxy) is 2. The van der Waals surface area contributed by atoms with E-state index in [9.17, 15) is 17.6 Å². The molecule has 0 aliphatic heterocycles. The Morgan fingerprint density at radius 1 is 1.05 bits per heavy atom. The van der Waals surface area contributed by atoms with E-state index < -0.39 is 23.3 Å². The molecule has 0 fully saturated rings. The van der Waals surface area contributed by atoms with E-state index in [1.807, 2.05) is 0 Å². The SMILES string of the molecule is COc1ccc(Oc2ccc(C#N)c(F)c2)c(C(F)(F)F)c1. The van der Waals surface area contributed by atoms with Gasteiger partial charge in [0.05, 0.1) is 12.7 Å². The maximum Gasteiger partial charge on any atom is 0.420 e. The predicted molar refractivity (Wildman–Crippen MR) is 69.2 cm³/mol. The Balaban J connectivity index is 2.41. The Bertz CT molecular complexity index is 735. The third-order valence-corrected chi connectivity index (χ3v) is 2.78. The van der Waals surface area contributed by atoms with Gasteiger partial charge in [-0.1, -0.05) is 0 Å². The number of nitriles is 1. The largest absolute Gasteiger partial charge is 0.497 e. The van der Waals surface area contributed by atoms with E-state index >= 15 is 0 Å². The lowest BCUT2D eigenvalue weighted by Crippen LogP contribution is -2.07. The lowest BCUT2D eigenvalue weighted by molar-refractivity contribution is -0.138. The van der Waals surface area contributed by atoms with Gasteiger partial charge in [-0.05, 0) is 30.3 Å².